The summed E-state index contributed by atoms with van der Waals surface area (Å²) in [7, 11) is 0. The minimum absolute atomic E-state index is 0.126. The van der Waals surface area contributed by atoms with Crippen LogP contribution in [0.25, 0.3) is 0 Å². The van der Waals surface area contributed by atoms with Gasteiger partial charge in [0.15, 0.2) is 5.78 Å². The molecule has 1 aromatic carbocycles. The van der Waals surface area contributed by atoms with E-state index in [0.717, 1.165) is 23.1 Å². The maximum absolute atomic E-state index is 11.3. The molecule has 0 heterocycles. The third-order valence-electron chi connectivity index (χ3n) is 2.12. The van der Waals surface area contributed by atoms with Crippen molar-refractivity contribution >= 4 is 5.78 Å². The molecule has 0 fully saturated rings. The van der Waals surface area contributed by atoms with Crippen LogP contribution in [-0.2, 0) is 6.42 Å². The molecule has 0 saturated carbocycles. The Morgan fingerprint density at radius 3 is 2.69 bits per heavy atom. The molecule has 2 nitrogen and oxygen atoms in total. The van der Waals surface area contributed by atoms with Gasteiger partial charge in [-0.15, -0.1) is 0 Å². The van der Waals surface area contributed by atoms with Crippen molar-refractivity contribution < 1.29 is 4.79 Å². The molecule has 0 aliphatic heterocycles. The van der Waals surface area contributed by atoms with Crippen molar-refractivity contribution in [2.45, 2.75) is 20.3 Å². The zero-order valence-corrected chi connectivity index (χ0v) is 8.13. The third kappa shape index (κ3) is 2.16. The second kappa shape index (κ2) is 4.19. The Hall–Kier alpha value is -1.15. The maximum Gasteiger partial charge on any atom is 0.160 e. The Balaban J connectivity index is 3.17. The van der Waals surface area contributed by atoms with Gasteiger partial charge in [0.2, 0.25) is 0 Å². The Bertz CT molecular complexity index is 318. The number of nitrogens with two attached hydrogens (primary N) is 1. The number of aryl methyl sites for hydroxylation is 1. The van der Waals surface area contributed by atoms with Crippen LogP contribution in [0.3, 0.4) is 0 Å². The second-order valence-corrected chi connectivity index (χ2v) is 3.20. The van der Waals surface area contributed by atoms with Crippen molar-refractivity contribution in [3.8, 4) is 0 Å². The first-order chi connectivity index (χ1) is 6.16. The highest BCUT2D eigenvalue weighted by Gasteiger charge is 2.08. The lowest BCUT2D eigenvalue weighted by Gasteiger charge is -2.08. The lowest BCUT2D eigenvalue weighted by molar-refractivity contribution is 0.101. The summed E-state index contributed by atoms with van der Waals surface area (Å²) in [6, 6.07) is 5.89. The van der Waals surface area contributed by atoms with Gasteiger partial charge >= 0.3 is 0 Å². The van der Waals surface area contributed by atoms with E-state index < -0.39 is 0 Å². The molecule has 1 rings (SSSR count). The fraction of sp³-hybridized carbons (Fsp3) is 0.364. The van der Waals surface area contributed by atoms with Gasteiger partial charge in [-0.1, -0.05) is 18.2 Å². The topological polar surface area (TPSA) is 43.1 Å². The van der Waals surface area contributed by atoms with Crippen LogP contribution in [0, 0.1) is 6.92 Å². The number of carbonyl (C=O) groups is 1. The van der Waals surface area contributed by atoms with Crippen LogP contribution in [0.4, 0.5) is 0 Å². The molecule has 0 saturated heterocycles. The first-order valence-electron chi connectivity index (χ1n) is 4.46. The maximum atomic E-state index is 11.3. The van der Waals surface area contributed by atoms with Crippen LogP contribution < -0.4 is 5.73 Å². The van der Waals surface area contributed by atoms with Crippen LogP contribution >= 0.6 is 0 Å². The minimum atomic E-state index is 0.126. The zero-order chi connectivity index (χ0) is 9.84. The van der Waals surface area contributed by atoms with Gasteiger partial charge in [0, 0.05) is 5.56 Å². The first kappa shape index (κ1) is 9.93. The Kier molecular flexibility index (Phi) is 3.20. The Morgan fingerprint density at radius 2 is 2.15 bits per heavy atom. The summed E-state index contributed by atoms with van der Waals surface area (Å²) in [5.41, 5.74) is 8.41. The monoisotopic (exact) mass is 177 g/mol. The molecule has 0 atom stereocenters. The summed E-state index contributed by atoms with van der Waals surface area (Å²) >= 11 is 0. The van der Waals surface area contributed by atoms with Gasteiger partial charge in [-0.3, -0.25) is 4.79 Å². The Morgan fingerprint density at radius 1 is 1.46 bits per heavy atom. The molecule has 0 amide bonds. The molecule has 0 aliphatic rings. The largest absolute Gasteiger partial charge is 0.330 e. The molecule has 0 spiro atoms. The minimum Gasteiger partial charge on any atom is -0.330 e. The SMILES string of the molecule is CC(=O)c1c(C)cccc1CCN. The average Bonchev–Trinajstić information content (AvgIpc) is 2.04. The van der Waals surface area contributed by atoms with Crippen LogP contribution in [0.15, 0.2) is 18.2 Å². The van der Waals surface area contributed by atoms with Crippen LogP contribution in [0.2, 0.25) is 0 Å². The lowest BCUT2D eigenvalue weighted by Crippen LogP contribution is -2.08. The van der Waals surface area contributed by atoms with Gasteiger partial charge in [0.05, 0.1) is 0 Å². The summed E-state index contributed by atoms with van der Waals surface area (Å²) in [5.74, 6) is 0.126. The number of benzene rings is 1. The fourth-order valence-electron chi connectivity index (χ4n) is 1.60. The van der Waals surface area contributed by atoms with E-state index in [4.69, 9.17) is 5.73 Å². The summed E-state index contributed by atoms with van der Waals surface area (Å²) in [6.07, 6.45) is 0.774. The number of hydrogen-bond donors (Lipinski definition) is 1. The summed E-state index contributed by atoms with van der Waals surface area (Å²) in [5, 5.41) is 0. The number of ketones is 1. The van der Waals surface area contributed by atoms with Crippen LogP contribution in [-0.4, -0.2) is 12.3 Å². The van der Waals surface area contributed by atoms with Crippen molar-refractivity contribution in [2.24, 2.45) is 5.73 Å². The van der Waals surface area contributed by atoms with E-state index >= 15 is 0 Å². The van der Waals surface area contributed by atoms with Crippen LogP contribution in [0.5, 0.6) is 0 Å². The number of rotatable bonds is 3. The molecule has 0 radical (unpaired) electrons. The molecule has 70 valence electrons. The van der Waals surface area contributed by atoms with Gasteiger partial charge in [-0.25, -0.2) is 0 Å². The van der Waals surface area contributed by atoms with Crippen molar-refractivity contribution in [1.29, 1.82) is 0 Å². The van der Waals surface area contributed by atoms with E-state index in [2.05, 4.69) is 0 Å². The molecular weight excluding hydrogens is 162 g/mol. The first-order valence-corrected chi connectivity index (χ1v) is 4.46. The predicted molar refractivity (Wildman–Crippen MR) is 53.9 cm³/mol. The van der Waals surface area contributed by atoms with Crippen molar-refractivity contribution in [1.82, 2.24) is 0 Å². The molecule has 0 bridgehead atoms. The molecular formula is C11H15NO. The van der Waals surface area contributed by atoms with E-state index in [1.165, 1.54) is 0 Å². The van der Waals surface area contributed by atoms with Gasteiger partial charge < -0.3 is 5.73 Å². The predicted octanol–water partition coefficient (Wildman–Crippen LogP) is 1.70. The summed E-state index contributed by atoms with van der Waals surface area (Å²) < 4.78 is 0. The summed E-state index contributed by atoms with van der Waals surface area (Å²) in [4.78, 5) is 11.3. The molecule has 1 aromatic rings. The molecule has 0 aromatic heterocycles. The van der Waals surface area contributed by atoms with E-state index in [0.29, 0.717) is 6.54 Å². The lowest BCUT2D eigenvalue weighted by atomic mass is 9.97. The van der Waals surface area contributed by atoms with Gasteiger partial charge in [0.25, 0.3) is 0 Å². The zero-order valence-electron chi connectivity index (χ0n) is 8.13. The van der Waals surface area contributed by atoms with Gasteiger partial charge in [-0.05, 0) is 37.9 Å². The van der Waals surface area contributed by atoms with Crippen molar-refractivity contribution in [3.63, 3.8) is 0 Å². The Labute approximate surface area is 78.8 Å². The second-order valence-electron chi connectivity index (χ2n) is 3.20. The van der Waals surface area contributed by atoms with E-state index in [9.17, 15) is 4.79 Å². The van der Waals surface area contributed by atoms with Crippen molar-refractivity contribution in [2.75, 3.05) is 6.54 Å². The smallest absolute Gasteiger partial charge is 0.160 e. The molecule has 0 unspecified atom stereocenters. The molecule has 13 heavy (non-hydrogen) atoms. The number of Topliss-reactive ketones (excluding diaryl/α,β-unsaturated/α-hetero) is 1. The highest BCUT2D eigenvalue weighted by atomic mass is 16.1. The fourth-order valence-corrected chi connectivity index (χ4v) is 1.60. The molecule has 2 heteroatoms. The number of hydrogen-bond acceptors (Lipinski definition) is 2. The van der Waals surface area contributed by atoms with Crippen molar-refractivity contribution in [3.05, 3.63) is 34.9 Å². The highest BCUT2D eigenvalue weighted by molar-refractivity contribution is 5.97. The van der Waals surface area contributed by atoms with Gasteiger partial charge in [-0.2, -0.15) is 0 Å². The number of carbonyl (C=O) groups excluding carboxylic acids is 1. The third-order valence-corrected chi connectivity index (χ3v) is 2.12. The van der Waals surface area contributed by atoms with Gasteiger partial charge in [0.1, 0.15) is 0 Å². The van der Waals surface area contributed by atoms with Crippen LogP contribution in [0.1, 0.15) is 28.4 Å². The quantitative estimate of drug-likeness (QED) is 0.714. The average molecular weight is 177 g/mol. The van der Waals surface area contributed by atoms with E-state index in [1.54, 1.807) is 6.92 Å². The normalized spacial score (nSPS) is 10.1. The van der Waals surface area contributed by atoms with E-state index in [-0.39, 0.29) is 5.78 Å². The standard InChI is InChI=1S/C11H15NO/c1-8-4-3-5-10(6-7-12)11(8)9(2)13/h3-5H,6-7,12H2,1-2H3. The van der Waals surface area contributed by atoms with E-state index in [1.807, 2.05) is 25.1 Å². The molecule has 2 N–H and O–H groups in total. The molecule has 0 aliphatic carbocycles. The summed E-state index contributed by atoms with van der Waals surface area (Å²) in [6.45, 7) is 4.14. The highest BCUT2D eigenvalue weighted by Crippen LogP contribution is 2.14.